The highest BCUT2D eigenvalue weighted by Gasteiger charge is 2.19. The molecule has 0 amide bonds. The van der Waals surface area contributed by atoms with Crippen molar-refractivity contribution in [1.29, 1.82) is 0 Å². The number of halogens is 1. The van der Waals surface area contributed by atoms with Crippen LogP contribution in [0.4, 0.5) is 5.82 Å². The number of rotatable bonds is 2. The maximum absolute atomic E-state index is 5.98. The number of hydrogen-bond donors (Lipinski definition) is 1. The predicted octanol–water partition coefficient (Wildman–Crippen LogP) is 4.06. The fraction of sp³-hybridized carbons (Fsp3) is 0.0667. The van der Waals surface area contributed by atoms with Gasteiger partial charge in [-0.15, -0.1) is 0 Å². The topological polar surface area (TPSA) is 64.9 Å². The van der Waals surface area contributed by atoms with Crippen molar-refractivity contribution >= 4 is 21.7 Å². The smallest absolute Gasteiger partial charge is 0.177 e. The molecule has 4 nitrogen and oxygen atoms in total. The Labute approximate surface area is 124 Å². The molecule has 0 aliphatic heterocycles. The number of hydrogen-bond acceptors (Lipinski definition) is 4. The zero-order chi connectivity index (χ0) is 14.1. The van der Waals surface area contributed by atoms with E-state index in [1.807, 2.05) is 43.3 Å². The second kappa shape index (κ2) is 5.09. The first-order valence-corrected chi connectivity index (χ1v) is 6.89. The van der Waals surface area contributed by atoms with Crippen molar-refractivity contribution in [3.05, 3.63) is 52.8 Å². The highest BCUT2D eigenvalue weighted by Crippen LogP contribution is 2.39. The van der Waals surface area contributed by atoms with Crippen molar-refractivity contribution in [1.82, 2.24) is 10.1 Å². The van der Waals surface area contributed by atoms with Gasteiger partial charge in [-0.1, -0.05) is 39.3 Å². The van der Waals surface area contributed by atoms with Crippen LogP contribution in [0.1, 0.15) is 5.69 Å². The number of nitrogens with zero attached hydrogens (tertiary/aromatic N) is 2. The third kappa shape index (κ3) is 2.20. The van der Waals surface area contributed by atoms with Gasteiger partial charge < -0.3 is 10.3 Å². The summed E-state index contributed by atoms with van der Waals surface area (Å²) < 4.78 is 6.37. The highest BCUT2D eigenvalue weighted by atomic mass is 79.9. The van der Waals surface area contributed by atoms with E-state index in [-0.39, 0.29) is 0 Å². The molecule has 0 saturated heterocycles. The van der Waals surface area contributed by atoms with Gasteiger partial charge in [0, 0.05) is 27.5 Å². The quantitative estimate of drug-likeness (QED) is 0.770. The molecule has 5 heteroatoms. The van der Waals surface area contributed by atoms with Gasteiger partial charge >= 0.3 is 0 Å². The molecule has 0 radical (unpaired) electrons. The Morgan fingerprint density at radius 3 is 2.75 bits per heavy atom. The standard InChI is InChI=1S/C15H12BrN3O/c1-9-8-10(6-7-18-9)14-13(15(17)19-20-14)11-4-2-3-5-12(11)16/h2-8H,1H3,(H2,17,19). The molecule has 3 aromatic rings. The Morgan fingerprint density at radius 1 is 1.20 bits per heavy atom. The van der Waals surface area contributed by atoms with E-state index in [2.05, 4.69) is 26.1 Å². The van der Waals surface area contributed by atoms with Crippen molar-refractivity contribution in [2.45, 2.75) is 6.92 Å². The van der Waals surface area contributed by atoms with Gasteiger partial charge in [0.2, 0.25) is 0 Å². The summed E-state index contributed by atoms with van der Waals surface area (Å²) in [6.07, 6.45) is 1.74. The molecule has 0 spiro atoms. The first kappa shape index (κ1) is 12.9. The van der Waals surface area contributed by atoms with E-state index in [0.717, 1.165) is 26.9 Å². The third-order valence-electron chi connectivity index (χ3n) is 3.02. The van der Waals surface area contributed by atoms with Crippen LogP contribution in [0.3, 0.4) is 0 Å². The van der Waals surface area contributed by atoms with Gasteiger partial charge in [-0.3, -0.25) is 4.98 Å². The molecule has 3 rings (SSSR count). The van der Waals surface area contributed by atoms with Crippen LogP contribution in [0.2, 0.25) is 0 Å². The molecule has 2 N–H and O–H groups in total. The van der Waals surface area contributed by atoms with Crippen LogP contribution < -0.4 is 5.73 Å². The van der Waals surface area contributed by atoms with Crippen LogP contribution in [-0.4, -0.2) is 10.1 Å². The number of anilines is 1. The zero-order valence-electron chi connectivity index (χ0n) is 10.8. The molecule has 1 aromatic carbocycles. The van der Waals surface area contributed by atoms with Gasteiger partial charge in [-0.05, 0) is 25.1 Å². The number of benzene rings is 1. The summed E-state index contributed by atoms with van der Waals surface area (Å²) >= 11 is 3.54. The lowest BCUT2D eigenvalue weighted by molar-refractivity contribution is 0.436. The van der Waals surface area contributed by atoms with E-state index in [0.29, 0.717) is 11.6 Å². The first-order chi connectivity index (χ1) is 9.66. The Hall–Kier alpha value is -2.14. The predicted molar refractivity (Wildman–Crippen MR) is 82.0 cm³/mol. The van der Waals surface area contributed by atoms with E-state index in [4.69, 9.17) is 10.3 Å². The number of nitrogens with two attached hydrogens (primary N) is 1. The third-order valence-corrected chi connectivity index (χ3v) is 3.71. The van der Waals surface area contributed by atoms with Crippen molar-refractivity contribution in [3.63, 3.8) is 0 Å². The van der Waals surface area contributed by atoms with Crippen LogP contribution in [0, 0.1) is 6.92 Å². The monoisotopic (exact) mass is 329 g/mol. The number of aromatic nitrogens is 2. The fourth-order valence-electron chi connectivity index (χ4n) is 2.11. The van der Waals surface area contributed by atoms with E-state index < -0.39 is 0 Å². The first-order valence-electron chi connectivity index (χ1n) is 6.10. The lowest BCUT2D eigenvalue weighted by atomic mass is 10.0. The van der Waals surface area contributed by atoms with Gasteiger partial charge in [-0.25, -0.2) is 0 Å². The molecule has 0 unspecified atom stereocenters. The Balaban J connectivity index is 2.23. The van der Waals surface area contributed by atoms with Gasteiger partial charge in [0.25, 0.3) is 0 Å². The van der Waals surface area contributed by atoms with Crippen LogP contribution in [0.25, 0.3) is 22.5 Å². The number of nitrogen functional groups attached to an aromatic ring is 1. The number of aryl methyl sites for hydroxylation is 1. The van der Waals surface area contributed by atoms with Crippen molar-refractivity contribution < 1.29 is 4.52 Å². The average molecular weight is 330 g/mol. The summed E-state index contributed by atoms with van der Waals surface area (Å²) in [5.74, 6) is 1.03. The SMILES string of the molecule is Cc1cc(-c2onc(N)c2-c2ccccc2Br)ccn1. The van der Waals surface area contributed by atoms with Crippen molar-refractivity contribution in [2.24, 2.45) is 0 Å². The van der Waals surface area contributed by atoms with Crippen LogP contribution >= 0.6 is 15.9 Å². The Morgan fingerprint density at radius 2 is 2.00 bits per heavy atom. The second-order valence-corrected chi connectivity index (χ2v) is 5.29. The lowest BCUT2D eigenvalue weighted by Gasteiger charge is -2.05. The maximum atomic E-state index is 5.98. The lowest BCUT2D eigenvalue weighted by Crippen LogP contribution is -1.90. The molecule has 20 heavy (non-hydrogen) atoms. The minimum Gasteiger partial charge on any atom is -0.380 e. The van der Waals surface area contributed by atoms with Gasteiger partial charge in [0.1, 0.15) is 0 Å². The molecule has 0 aliphatic rings. The van der Waals surface area contributed by atoms with Gasteiger partial charge in [-0.2, -0.15) is 0 Å². The van der Waals surface area contributed by atoms with Gasteiger partial charge in [0.15, 0.2) is 11.6 Å². The molecule has 0 bridgehead atoms. The molecule has 0 fully saturated rings. The van der Waals surface area contributed by atoms with Crippen LogP contribution in [0.5, 0.6) is 0 Å². The van der Waals surface area contributed by atoms with E-state index >= 15 is 0 Å². The average Bonchev–Trinajstić information content (AvgIpc) is 2.81. The summed E-state index contributed by atoms with van der Waals surface area (Å²) in [5, 5.41) is 3.90. The molecule has 0 atom stereocenters. The largest absolute Gasteiger partial charge is 0.380 e. The molecule has 100 valence electrons. The Kier molecular flexibility index (Phi) is 3.28. The fourth-order valence-corrected chi connectivity index (χ4v) is 2.59. The van der Waals surface area contributed by atoms with Gasteiger partial charge in [0.05, 0.1) is 5.56 Å². The van der Waals surface area contributed by atoms with E-state index in [1.165, 1.54) is 0 Å². The molecular weight excluding hydrogens is 318 g/mol. The molecule has 0 aliphatic carbocycles. The van der Waals surface area contributed by atoms with E-state index in [1.54, 1.807) is 6.20 Å². The van der Waals surface area contributed by atoms with Crippen LogP contribution in [0.15, 0.2) is 51.6 Å². The highest BCUT2D eigenvalue weighted by molar-refractivity contribution is 9.10. The molecule has 2 aromatic heterocycles. The minimum absolute atomic E-state index is 0.376. The molecule has 2 heterocycles. The summed E-state index contributed by atoms with van der Waals surface area (Å²) in [5.41, 5.74) is 9.55. The summed E-state index contributed by atoms with van der Waals surface area (Å²) in [4.78, 5) is 4.19. The van der Waals surface area contributed by atoms with Crippen LogP contribution in [-0.2, 0) is 0 Å². The normalized spacial score (nSPS) is 10.7. The summed E-state index contributed by atoms with van der Waals surface area (Å²) in [7, 11) is 0. The summed E-state index contributed by atoms with van der Waals surface area (Å²) in [6, 6.07) is 11.7. The van der Waals surface area contributed by atoms with Crippen molar-refractivity contribution in [2.75, 3.05) is 5.73 Å². The Bertz CT molecular complexity index is 767. The maximum Gasteiger partial charge on any atom is 0.177 e. The molecular formula is C15H12BrN3O. The second-order valence-electron chi connectivity index (χ2n) is 4.44. The molecule has 0 saturated carbocycles. The van der Waals surface area contributed by atoms with Crippen molar-refractivity contribution in [3.8, 4) is 22.5 Å². The van der Waals surface area contributed by atoms with E-state index in [9.17, 15) is 0 Å². The zero-order valence-corrected chi connectivity index (χ0v) is 12.4. The minimum atomic E-state index is 0.376. The summed E-state index contributed by atoms with van der Waals surface area (Å²) in [6.45, 7) is 1.93. The number of pyridine rings is 1.